The molecule has 18 heavy (non-hydrogen) atoms. The van der Waals surface area contributed by atoms with Crippen LogP contribution < -0.4 is 5.32 Å². The molecule has 2 aromatic carbocycles. The second kappa shape index (κ2) is 4.92. The van der Waals surface area contributed by atoms with Gasteiger partial charge in [0.2, 0.25) is 0 Å². The summed E-state index contributed by atoms with van der Waals surface area (Å²) < 4.78 is 0. The van der Waals surface area contributed by atoms with E-state index >= 15 is 0 Å². The highest BCUT2D eigenvalue weighted by molar-refractivity contribution is 5.85. The second-order valence-corrected chi connectivity index (χ2v) is 4.33. The summed E-state index contributed by atoms with van der Waals surface area (Å²) in [6.45, 7) is 0.880. The Bertz CT molecular complexity index is 580. The predicted octanol–water partition coefficient (Wildman–Crippen LogP) is 3.71. The first-order valence-electron chi connectivity index (χ1n) is 6.20. The van der Waals surface area contributed by atoms with E-state index in [4.69, 9.17) is 0 Å². The van der Waals surface area contributed by atoms with Gasteiger partial charge in [0.25, 0.3) is 0 Å². The lowest BCUT2D eigenvalue weighted by Crippen LogP contribution is -2.15. The summed E-state index contributed by atoms with van der Waals surface area (Å²) in [6, 6.07) is 20.9. The fraction of sp³-hybridized carbons (Fsp3) is 0.0588. The molecular formula is C17H15N. The molecule has 0 aromatic heterocycles. The molecular weight excluding hydrogens is 218 g/mol. The molecule has 1 aliphatic heterocycles. The molecule has 1 heteroatoms. The van der Waals surface area contributed by atoms with Crippen molar-refractivity contribution in [2.45, 2.75) is 0 Å². The Labute approximate surface area is 107 Å². The Morgan fingerprint density at radius 1 is 0.722 bits per heavy atom. The maximum absolute atomic E-state index is 3.42. The van der Waals surface area contributed by atoms with Crippen LogP contribution in [0.25, 0.3) is 11.3 Å². The molecule has 0 spiro atoms. The Morgan fingerprint density at radius 2 is 1.33 bits per heavy atom. The second-order valence-electron chi connectivity index (χ2n) is 4.33. The topological polar surface area (TPSA) is 12.0 Å². The highest BCUT2D eigenvalue weighted by Gasteiger charge is 2.07. The van der Waals surface area contributed by atoms with E-state index in [9.17, 15) is 0 Å². The van der Waals surface area contributed by atoms with Gasteiger partial charge in [0, 0.05) is 12.2 Å². The third kappa shape index (κ3) is 2.21. The maximum Gasteiger partial charge on any atom is 0.0422 e. The lowest BCUT2D eigenvalue weighted by molar-refractivity contribution is 0.999. The fourth-order valence-corrected chi connectivity index (χ4v) is 2.17. The maximum atomic E-state index is 3.42. The van der Waals surface area contributed by atoms with Gasteiger partial charge in [-0.25, -0.2) is 0 Å². The molecule has 0 bridgehead atoms. The number of nitrogens with one attached hydrogen (secondary N) is 1. The SMILES string of the molecule is C1=C(c2ccccc2)C=C(c2ccccc2)NC1. The van der Waals surface area contributed by atoms with Crippen molar-refractivity contribution in [2.75, 3.05) is 6.54 Å². The van der Waals surface area contributed by atoms with Crippen LogP contribution in [0.2, 0.25) is 0 Å². The van der Waals surface area contributed by atoms with Crippen molar-refractivity contribution in [1.82, 2.24) is 5.32 Å². The van der Waals surface area contributed by atoms with Gasteiger partial charge in [-0.1, -0.05) is 66.7 Å². The number of hydrogen-bond donors (Lipinski definition) is 1. The van der Waals surface area contributed by atoms with E-state index in [1.54, 1.807) is 0 Å². The molecule has 1 aliphatic rings. The number of allylic oxidation sites excluding steroid dienone is 2. The molecule has 0 amide bonds. The van der Waals surface area contributed by atoms with Gasteiger partial charge in [-0.3, -0.25) is 0 Å². The number of rotatable bonds is 2. The third-order valence-electron chi connectivity index (χ3n) is 3.11. The number of benzene rings is 2. The summed E-state index contributed by atoms with van der Waals surface area (Å²) in [5, 5.41) is 3.42. The van der Waals surface area contributed by atoms with E-state index in [0.717, 1.165) is 6.54 Å². The molecule has 3 rings (SSSR count). The van der Waals surface area contributed by atoms with Crippen molar-refractivity contribution in [3.8, 4) is 0 Å². The number of dihydropyridines is 1. The molecule has 0 radical (unpaired) electrons. The van der Waals surface area contributed by atoms with Crippen LogP contribution in [0.4, 0.5) is 0 Å². The summed E-state index contributed by atoms with van der Waals surface area (Å²) in [4.78, 5) is 0. The minimum absolute atomic E-state index is 0.880. The van der Waals surface area contributed by atoms with Crippen LogP contribution in [0.5, 0.6) is 0 Å². The van der Waals surface area contributed by atoms with E-state index < -0.39 is 0 Å². The van der Waals surface area contributed by atoms with Crippen LogP contribution in [-0.2, 0) is 0 Å². The van der Waals surface area contributed by atoms with Crippen LogP contribution in [-0.4, -0.2) is 6.54 Å². The van der Waals surface area contributed by atoms with Gasteiger partial charge in [0.05, 0.1) is 0 Å². The van der Waals surface area contributed by atoms with Crippen molar-refractivity contribution in [1.29, 1.82) is 0 Å². The largest absolute Gasteiger partial charge is 0.381 e. The first-order chi connectivity index (χ1) is 8.93. The monoisotopic (exact) mass is 233 g/mol. The molecule has 88 valence electrons. The van der Waals surface area contributed by atoms with E-state index in [0.29, 0.717) is 0 Å². The molecule has 0 aliphatic carbocycles. The van der Waals surface area contributed by atoms with Gasteiger partial charge in [0.15, 0.2) is 0 Å². The average molecular weight is 233 g/mol. The fourth-order valence-electron chi connectivity index (χ4n) is 2.17. The molecule has 0 fully saturated rings. The molecule has 0 unspecified atom stereocenters. The average Bonchev–Trinajstić information content (AvgIpc) is 2.49. The lowest BCUT2D eigenvalue weighted by atomic mass is 10.00. The molecule has 0 saturated carbocycles. The van der Waals surface area contributed by atoms with Crippen molar-refractivity contribution in [3.63, 3.8) is 0 Å². The summed E-state index contributed by atoms with van der Waals surface area (Å²) in [5.41, 5.74) is 4.98. The van der Waals surface area contributed by atoms with E-state index in [2.05, 4.69) is 66.0 Å². The van der Waals surface area contributed by atoms with Gasteiger partial charge in [-0.15, -0.1) is 0 Å². The van der Waals surface area contributed by atoms with Crippen molar-refractivity contribution < 1.29 is 0 Å². The summed E-state index contributed by atoms with van der Waals surface area (Å²) >= 11 is 0. The van der Waals surface area contributed by atoms with Gasteiger partial charge in [-0.2, -0.15) is 0 Å². The van der Waals surface area contributed by atoms with Gasteiger partial charge >= 0.3 is 0 Å². The zero-order valence-corrected chi connectivity index (χ0v) is 10.1. The highest BCUT2D eigenvalue weighted by atomic mass is 14.9. The normalized spacial score (nSPS) is 14.4. The van der Waals surface area contributed by atoms with E-state index in [-0.39, 0.29) is 0 Å². The van der Waals surface area contributed by atoms with E-state index in [1.807, 2.05) is 12.1 Å². The third-order valence-corrected chi connectivity index (χ3v) is 3.11. The van der Waals surface area contributed by atoms with Crippen LogP contribution in [0.15, 0.2) is 72.8 Å². The first kappa shape index (κ1) is 10.8. The van der Waals surface area contributed by atoms with Crippen LogP contribution in [0, 0.1) is 0 Å². The van der Waals surface area contributed by atoms with Crippen LogP contribution in [0.1, 0.15) is 11.1 Å². The van der Waals surface area contributed by atoms with Crippen molar-refractivity contribution in [3.05, 3.63) is 83.9 Å². The highest BCUT2D eigenvalue weighted by Crippen LogP contribution is 2.23. The van der Waals surface area contributed by atoms with Crippen LogP contribution in [0.3, 0.4) is 0 Å². The van der Waals surface area contributed by atoms with Gasteiger partial charge in [0.1, 0.15) is 0 Å². The molecule has 1 heterocycles. The first-order valence-corrected chi connectivity index (χ1v) is 6.20. The molecule has 2 aromatic rings. The zero-order chi connectivity index (χ0) is 12.2. The minimum atomic E-state index is 0.880. The molecule has 1 nitrogen and oxygen atoms in total. The Kier molecular flexibility index (Phi) is 2.97. The quantitative estimate of drug-likeness (QED) is 0.833. The predicted molar refractivity (Wildman–Crippen MR) is 76.8 cm³/mol. The summed E-state index contributed by atoms with van der Waals surface area (Å²) in [7, 11) is 0. The van der Waals surface area contributed by atoms with Gasteiger partial charge in [-0.05, 0) is 22.8 Å². The lowest BCUT2D eigenvalue weighted by Gasteiger charge is -2.16. The smallest absolute Gasteiger partial charge is 0.0422 e. The van der Waals surface area contributed by atoms with Gasteiger partial charge < -0.3 is 5.32 Å². The Morgan fingerprint density at radius 3 is 2.00 bits per heavy atom. The molecule has 1 N–H and O–H groups in total. The van der Waals surface area contributed by atoms with E-state index in [1.165, 1.54) is 22.4 Å². The summed E-state index contributed by atoms with van der Waals surface area (Å²) in [5.74, 6) is 0. The molecule has 0 saturated heterocycles. The van der Waals surface area contributed by atoms with Crippen LogP contribution >= 0.6 is 0 Å². The zero-order valence-electron chi connectivity index (χ0n) is 10.1. The number of hydrogen-bond acceptors (Lipinski definition) is 1. The summed E-state index contributed by atoms with van der Waals surface area (Å²) in [6.07, 6.45) is 4.44. The standard InChI is InChI=1S/C17H15N/c1-3-7-14(8-4-1)16-11-12-18-17(13-16)15-9-5-2-6-10-15/h1-11,13,18H,12H2. The van der Waals surface area contributed by atoms with Crippen molar-refractivity contribution in [2.24, 2.45) is 0 Å². The minimum Gasteiger partial charge on any atom is -0.381 e. The van der Waals surface area contributed by atoms with Crippen molar-refractivity contribution >= 4 is 11.3 Å². The Balaban J connectivity index is 1.95. The Hall–Kier alpha value is -2.28. The molecule has 0 atom stereocenters.